The number of carbonyl (C=O) groups is 1. The fourth-order valence-electron chi connectivity index (χ4n) is 2.06. The minimum atomic E-state index is 0.122. The number of carbonyl (C=O) groups excluding carboxylic acids is 1. The second-order valence-electron chi connectivity index (χ2n) is 4.36. The van der Waals surface area contributed by atoms with Crippen LogP contribution >= 0.6 is 0 Å². The fraction of sp³-hybridized carbons (Fsp3) is 0.583. The second kappa shape index (κ2) is 5.16. The number of furan rings is 1. The number of rotatable bonds is 4. The number of hydrogen-bond acceptors (Lipinski definition) is 3. The topological polar surface area (TPSA) is 54.3 Å². The third-order valence-corrected chi connectivity index (χ3v) is 3.10. The van der Waals surface area contributed by atoms with Crippen LogP contribution in [-0.2, 0) is 11.2 Å². The molecule has 0 spiro atoms. The Morgan fingerprint density at radius 1 is 1.62 bits per heavy atom. The van der Waals surface area contributed by atoms with Gasteiger partial charge in [-0.15, -0.1) is 0 Å². The highest BCUT2D eigenvalue weighted by Gasteiger charge is 2.28. The molecule has 1 aliphatic rings. The van der Waals surface area contributed by atoms with Crippen molar-refractivity contribution < 1.29 is 9.21 Å². The maximum atomic E-state index is 11.8. The summed E-state index contributed by atoms with van der Waals surface area (Å²) >= 11 is 0. The largest absolute Gasteiger partial charge is 0.469 e. The summed E-state index contributed by atoms with van der Waals surface area (Å²) in [5.74, 6) is 1.63. The molecule has 1 saturated heterocycles. The molecule has 0 bridgehead atoms. The van der Waals surface area contributed by atoms with Gasteiger partial charge < -0.3 is 15.1 Å². The van der Waals surface area contributed by atoms with Gasteiger partial charge in [0.15, 0.2) is 0 Å². The van der Waals surface area contributed by atoms with Crippen LogP contribution in [0.25, 0.3) is 0 Å². The second-order valence-corrected chi connectivity index (χ2v) is 4.36. The van der Waals surface area contributed by atoms with Gasteiger partial charge in [-0.1, -0.05) is 6.92 Å². The minimum Gasteiger partial charge on any atom is -0.469 e. The van der Waals surface area contributed by atoms with Gasteiger partial charge >= 0.3 is 0 Å². The highest BCUT2D eigenvalue weighted by molar-refractivity contribution is 5.79. The van der Waals surface area contributed by atoms with Gasteiger partial charge in [0.25, 0.3) is 0 Å². The molecule has 88 valence electrons. The lowest BCUT2D eigenvalue weighted by Gasteiger charge is -2.13. The van der Waals surface area contributed by atoms with E-state index in [4.69, 9.17) is 4.42 Å². The Bertz CT molecular complexity index is 335. The van der Waals surface area contributed by atoms with Crippen molar-refractivity contribution in [3.63, 3.8) is 0 Å². The molecule has 0 unspecified atom stereocenters. The maximum absolute atomic E-state index is 11.8. The number of hydrogen-bond donors (Lipinski definition) is 2. The number of nitrogens with one attached hydrogen (secondary N) is 2. The smallest absolute Gasteiger partial charge is 0.224 e. The predicted molar refractivity (Wildman–Crippen MR) is 60.9 cm³/mol. The minimum absolute atomic E-state index is 0.122. The summed E-state index contributed by atoms with van der Waals surface area (Å²) < 4.78 is 5.20. The zero-order chi connectivity index (χ0) is 11.4. The normalized spacial score (nSPS) is 24.6. The van der Waals surface area contributed by atoms with Crippen LogP contribution in [0.15, 0.2) is 22.8 Å². The van der Waals surface area contributed by atoms with Crippen molar-refractivity contribution in [1.29, 1.82) is 0 Å². The van der Waals surface area contributed by atoms with Crippen molar-refractivity contribution in [3.8, 4) is 0 Å². The van der Waals surface area contributed by atoms with Crippen LogP contribution in [-0.4, -0.2) is 25.5 Å². The van der Waals surface area contributed by atoms with Crippen molar-refractivity contribution in [3.05, 3.63) is 24.2 Å². The summed E-state index contributed by atoms with van der Waals surface area (Å²) in [5, 5.41) is 6.18. The van der Waals surface area contributed by atoms with Crippen LogP contribution < -0.4 is 10.6 Å². The average molecular weight is 222 g/mol. The van der Waals surface area contributed by atoms with Crippen LogP contribution in [0.2, 0.25) is 0 Å². The van der Waals surface area contributed by atoms with Gasteiger partial charge in [0.2, 0.25) is 5.91 Å². The first-order chi connectivity index (χ1) is 7.77. The highest BCUT2D eigenvalue weighted by Crippen LogP contribution is 2.15. The zero-order valence-electron chi connectivity index (χ0n) is 9.53. The molecule has 4 heteroatoms. The van der Waals surface area contributed by atoms with Crippen molar-refractivity contribution in [2.75, 3.05) is 19.6 Å². The molecule has 1 fully saturated rings. The molecular formula is C12H18N2O2. The summed E-state index contributed by atoms with van der Waals surface area (Å²) in [5.41, 5.74) is 0. The monoisotopic (exact) mass is 222 g/mol. The van der Waals surface area contributed by atoms with E-state index in [0.717, 1.165) is 25.3 Å². The van der Waals surface area contributed by atoms with Crippen molar-refractivity contribution >= 4 is 5.91 Å². The first-order valence-corrected chi connectivity index (χ1v) is 5.78. The third-order valence-electron chi connectivity index (χ3n) is 3.10. The fourth-order valence-corrected chi connectivity index (χ4v) is 2.06. The lowest BCUT2D eigenvalue weighted by Crippen LogP contribution is -2.35. The SMILES string of the molecule is C[C@@H]1CNC[C@H]1C(=O)NCCc1ccco1. The molecule has 1 aromatic heterocycles. The molecule has 0 saturated carbocycles. The van der Waals surface area contributed by atoms with Crippen molar-refractivity contribution in [2.24, 2.45) is 11.8 Å². The lowest BCUT2D eigenvalue weighted by molar-refractivity contribution is -0.125. The van der Waals surface area contributed by atoms with Gasteiger partial charge in [-0.2, -0.15) is 0 Å². The highest BCUT2D eigenvalue weighted by atomic mass is 16.3. The molecule has 2 heterocycles. The Morgan fingerprint density at radius 3 is 3.12 bits per heavy atom. The first-order valence-electron chi connectivity index (χ1n) is 5.78. The summed E-state index contributed by atoms with van der Waals surface area (Å²) in [4.78, 5) is 11.8. The number of amides is 1. The van der Waals surface area contributed by atoms with Crippen LogP contribution in [0.3, 0.4) is 0 Å². The van der Waals surface area contributed by atoms with E-state index in [1.54, 1.807) is 6.26 Å². The molecule has 0 radical (unpaired) electrons. The van der Waals surface area contributed by atoms with Gasteiger partial charge in [0.1, 0.15) is 5.76 Å². The molecule has 4 nitrogen and oxygen atoms in total. The average Bonchev–Trinajstić information content (AvgIpc) is 2.88. The van der Waals surface area contributed by atoms with E-state index in [9.17, 15) is 4.79 Å². The van der Waals surface area contributed by atoms with Gasteiger partial charge in [-0.05, 0) is 24.6 Å². The van der Waals surface area contributed by atoms with Gasteiger partial charge in [0, 0.05) is 19.5 Å². The van der Waals surface area contributed by atoms with E-state index in [2.05, 4.69) is 17.6 Å². The van der Waals surface area contributed by atoms with E-state index in [1.165, 1.54) is 0 Å². The molecule has 1 amide bonds. The molecule has 16 heavy (non-hydrogen) atoms. The van der Waals surface area contributed by atoms with E-state index in [0.29, 0.717) is 12.5 Å². The lowest BCUT2D eigenvalue weighted by atomic mass is 9.97. The molecule has 1 aromatic rings. The summed E-state index contributed by atoms with van der Waals surface area (Å²) in [6.45, 7) is 4.50. The molecule has 2 N–H and O–H groups in total. The summed E-state index contributed by atoms with van der Waals surface area (Å²) in [7, 11) is 0. The van der Waals surface area contributed by atoms with Crippen molar-refractivity contribution in [1.82, 2.24) is 10.6 Å². The van der Waals surface area contributed by atoms with Crippen molar-refractivity contribution in [2.45, 2.75) is 13.3 Å². The zero-order valence-corrected chi connectivity index (χ0v) is 9.53. The Morgan fingerprint density at radius 2 is 2.50 bits per heavy atom. The molecular weight excluding hydrogens is 204 g/mol. The van der Waals surface area contributed by atoms with E-state index >= 15 is 0 Å². The summed E-state index contributed by atoms with van der Waals surface area (Å²) in [6.07, 6.45) is 2.41. The van der Waals surface area contributed by atoms with Crippen LogP contribution in [0.4, 0.5) is 0 Å². The van der Waals surface area contributed by atoms with Crippen LogP contribution in [0.5, 0.6) is 0 Å². The standard InChI is InChI=1S/C12H18N2O2/c1-9-7-13-8-11(9)12(15)14-5-4-10-3-2-6-16-10/h2-3,6,9,11,13H,4-5,7-8H2,1H3,(H,14,15)/t9-,11-/m1/s1. The summed E-state index contributed by atoms with van der Waals surface area (Å²) in [6, 6.07) is 3.78. The van der Waals surface area contributed by atoms with Gasteiger partial charge in [0.05, 0.1) is 12.2 Å². The van der Waals surface area contributed by atoms with Crippen LogP contribution in [0.1, 0.15) is 12.7 Å². The Balaban J connectivity index is 1.71. The Hall–Kier alpha value is -1.29. The molecule has 0 aromatic carbocycles. The van der Waals surface area contributed by atoms with Crippen LogP contribution in [0, 0.1) is 11.8 Å². The first kappa shape index (κ1) is 11.2. The molecule has 0 aliphatic carbocycles. The van der Waals surface area contributed by atoms with E-state index in [1.807, 2.05) is 12.1 Å². The van der Waals surface area contributed by atoms with Gasteiger partial charge in [-0.3, -0.25) is 4.79 Å². The van der Waals surface area contributed by atoms with E-state index in [-0.39, 0.29) is 11.8 Å². The van der Waals surface area contributed by atoms with E-state index < -0.39 is 0 Å². The molecule has 1 aliphatic heterocycles. The Labute approximate surface area is 95.4 Å². The van der Waals surface area contributed by atoms with Gasteiger partial charge in [-0.25, -0.2) is 0 Å². The molecule has 2 atom stereocenters. The third kappa shape index (κ3) is 2.64. The Kier molecular flexibility index (Phi) is 3.62. The predicted octanol–water partition coefficient (Wildman–Crippen LogP) is 0.794. The molecule has 2 rings (SSSR count). The maximum Gasteiger partial charge on any atom is 0.224 e. The quantitative estimate of drug-likeness (QED) is 0.792.